The minimum Gasteiger partial charge on any atom is -0.497 e. The summed E-state index contributed by atoms with van der Waals surface area (Å²) in [6.45, 7) is 7.27. The van der Waals surface area contributed by atoms with Crippen molar-refractivity contribution in [2.75, 3.05) is 33.4 Å². The molecule has 2 aromatic carbocycles. The summed E-state index contributed by atoms with van der Waals surface area (Å²) in [5.74, 6) is 2.17. The Balaban J connectivity index is 1.87. The largest absolute Gasteiger partial charge is 0.497 e. The Hall–Kier alpha value is -2.87. The third-order valence-corrected chi connectivity index (χ3v) is 5.75. The molecule has 0 saturated heterocycles. The molecule has 1 aromatic heterocycles. The summed E-state index contributed by atoms with van der Waals surface area (Å²) in [5, 5.41) is 15.5. The number of aliphatic hydroxyl groups excluding tert-OH is 1. The third-order valence-electron chi connectivity index (χ3n) is 5.75. The zero-order chi connectivity index (χ0) is 25.0. The molecule has 0 aliphatic carbocycles. The van der Waals surface area contributed by atoms with Gasteiger partial charge in [-0.1, -0.05) is 50.6 Å². The molecule has 1 atom stereocenters. The molecule has 7 heteroatoms. The lowest BCUT2D eigenvalue weighted by atomic mass is 10.1. The van der Waals surface area contributed by atoms with Crippen molar-refractivity contribution in [2.24, 2.45) is 7.05 Å². The van der Waals surface area contributed by atoms with E-state index in [4.69, 9.17) is 19.3 Å². The number of unbranched alkanes of at least 4 members (excludes halogenated alkanes) is 1. The fraction of sp³-hybridized carbons (Fsp3) is 0.464. The van der Waals surface area contributed by atoms with Crippen LogP contribution in [0, 0.1) is 0 Å². The maximum atomic E-state index is 10.6. The minimum atomic E-state index is -0.554. The highest BCUT2D eigenvalue weighted by Crippen LogP contribution is 2.34. The standard InChI is InChI=1S/C28H39N3O4/c1-5-7-18-34-21-23(32)19-31(17-6-2)20-26-27(22-11-9-8-10-12-22)29-30(3)28(26)35-25-15-13-24(33-4)14-16-25/h8-16,23,32H,5-7,17-21H2,1-4H3/t23-/m1/s1. The summed E-state index contributed by atoms with van der Waals surface area (Å²) in [4.78, 5) is 2.25. The van der Waals surface area contributed by atoms with E-state index in [1.54, 1.807) is 11.8 Å². The van der Waals surface area contributed by atoms with Crippen LogP contribution in [0.4, 0.5) is 0 Å². The smallest absolute Gasteiger partial charge is 0.222 e. The highest BCUT2D eigenvalue weighted by Gasteiger charge is 2.23. The molecule has 0 fully saturated rings. The van der Waals surface area contributed by atoms with Crippen LogP contribution >= 0.6 is 0 Å². The van der Waals surface area contributed by atoms with Crippen LogP contribution < -0.4 is 9.47 Å². The van der Waals surface area contributed by atoms with Crippen molar-refractivity contribution in [3.63, 3.8) is 0 Å². The molecule has 0 aliphatic heterocycles. The number of aromatic nitrogens is 2. The molecular formula is C28H39N3O4. The lowest BCUT2D eigenvalue weighted by molar-refractivity contribution is 0.0143. The Kier molecular flexibility index (Phi) is 10.6. The Morgan fingerprint density at radius 3 is 2.37 bits per heavy atom. The van der Waals surface area contributed by atoms with Crippen LogP contribution in [-0.2, 0) is 18.3 Å². The minimum absolute atomic E-state index is 0.341. The van der Waals surface area contributed by atoms with Crippen molar-refractivity contribution in [1.29, 1.82) is 0 Å². The molecule has 35 heavy (non-hydrogen) atoms. The fourth-order valence-corrected chi connectivity index (χ4v) is 4.00. The van der Waals surface area contributed by atoms with Gasteiger partial charge in [0, 0.05) is 32.3 Å². The summed E-state index contributed by atoms with van der Waals surface area (Å²) in [5.41, 5.74) is 2.90. The van der Waals surface area contributed by atoms with E-state index < -0.39 is 6.10 Å². The van der Waals surface area contributed by atoms with Gasteiger partial charge in [0.25, 0.3) is 0 Å². The van der Waals surface area contributed by atoms with E-state index in [9.17, 15) is 5.11 Å². The molecule has 0 amide bonds. The first-order valence-electron chi connectivity index (χ1n) is 12.5. The number of benzene rings is 2. The average Bonchev–Trinajstić information content (AvgIpc) is 3.17. The Labute approximate surface area is 209 Å². The first-order valence-corrected chi connectivity index (χ1v) is 12.5. The lowest BCUT2D eigenvalue weighted by Gasteiger charge is -2.25. The zero-order valence-electron chi connectivity index (χ0n) is 21.4. The molecule has 0 bridgehead atoms. The second-order valence-corrected chi connectivity index (χ2v) is 8.72. The van der Waals surface area contributed by atoms with Gasteiger partial charge >= 0.3 is 0 Å². The van der Waals surface area contributed by atoms with E-state index in [0.29, 0.717) is 37.9 Å². The SMILES string of the molecule is CCCCOC[C@H](O)CN(CCC)Cc1c(-c2ccccc2)nn(C)c1Oc1ccc(OC)cc1. The molecular weight excluding hydrogens is 442 g/mol. The average molecular weight is 482 g/mol. The van der Waals surface area contributed by atoms with Crippen molar-refractivity contribution < 1.29 is 19.3 Å². The first-order chi connectivity index (χ1) is 17.0. The molecule has 7 nitrogen and oxygen atoms in total. The van der Waals surface area contributed by atoms with Gasteiger partial charge in [0.1, 0.15) is 17.2 Å². The van der Waals surface area contributed by atoms with E-state index in [0.717, 1.165) is 48.4 Å². The van der Waals surface area contributed by atoms with Crippen LogP contribution in [0.1, 0.15) is 38.7 Å². The summed E-state index contributed by atoms with van der Waals surface area (Å²) >= 11 is 0. The molecule has 3 aromatic rings. The summed E-state index contributed by atoms with van der Waals surface area (Å²) in [6.07, 6.45) is 2.51. The highest BCUT2D eigenvalue weighted by molar-refractivity contribution is 5.65. The Morgan fingerprint density at radius 2 is 1.71 bits per heavy atom. The number of hydrogen-bond donors (Lipinski definition) is 1. The lowest BCUT2D eigenvalue weighted by Crippen LogP contribution is -2.35. The molecule has 0 saturated carbocycles. The number of ether oxygens (including phenoxy) is 3. The van der Waals surface area contributed by atoms with E-state index in [-0.39, 0.29) is 0 Å². The summed E-state index contributed by atoms with van der Waals surface area (Å²) in [7, 11) is 3.54. The third kappa shape index (κ3) is 7.82. The molecule has 190 valence electrons. The van der Waals surface area contributed by atoms with Crippen molar-refractivity contribution in [3.8, 4) is 28.6 Å². The van der Waals surface area contributed by atoms with Crippen LogP contribution in [0.25, 0.3) is 11.3 Å². The summed E-state index contributed by atoms with van der Waals surface area (Å²) in [6, 6.07) is 17.7. The van der Waals surface area contributed by atoms with E-state index in [1.807, 2.05) is 49.5 Å². The predicted molar refractivity (Wildman–Crippen MR) is 139 cm³/mol. The maximum absolute atomic E-state index is 10.6. The Morgan fingerprint density at radius 1 is 1.00 bits per heavy atom. The molecule has 0 unspecified atom stereocenters. The molecule has 0 radical (unpaired) electrons. The van der Waals surface area contributed by atoms with E-state index in [2.05, 4.69) is 30.9 Å². The fourth-order valence-electron chi connectivity index (χ4n) is 4.00. The normalized spacial score (nSPS) is 12.2. The van der Waals surface area contributed by atoms with E-state index >= 15 is 0 Å². The zero-order valence-corrected chi connectivity index (χ0v) is 21.4. The van der Waals surface area contributed by atoms with Crippen LogP contribution in [0.5, 0.6) is 17.4 Å². The van der Waals surface area contributed by atoms with Gasteiger partial charge in [-0.25, -0.2) is 4.68 Å². The van der Waals surface area contributed by atoms with Gasteiger partial charge in [-0.05, 0) is 43.7 Å². The predicted octanol–water partition coefficient (Wildman–Crippen LogP) is 5.28. The van der Waals surface area contributed by atoms with Gasteiger partial charge in [0.05, 0.1) is 25.4 Å². The molecule has 1 heterocycles. The quantitative estimate of drug-likeness (QED) is 0.298. The van der Waals surface area contributed by atoms with Crippen molar-refractivity contribution in [3.05, 3.63) is 60.2 Å². The van der Waals surface area contributed by atoms with Crippen LogP contribution in [0.2, 0.25) is 0 Å². The van der Waals surface area contributed by atoms with Crippen molar-refractivity contribution >= 4 is 0 Å². The monoisotopic (exact) mass is 481 g/mol. The molecule has 3 rings (SSSR count). The van der Waals surface area contributed by atoms with Gasteiger partial charge < -0.3 is 19.3 Å². The van der Waals surface area contributed by atoms with Gasteiger partial charge in [-0.3, -0.25) is 4.90 Å². The van der Waals surface area contributed by atoms with Crippen LogP contribution in [-0.4, -0.2) is 59.3 Å². The highest BCUT2D eigenvalue weighted by atomic mass is 16.5. The van der Waals surface area contributed by atoms with E-state index in [1.165, 1.54) is 0 Å². The van der Waals surface area contributed by atoms with Crippen LogP contribution in [0.15, 0.2) is 54.6 Å². The molecule has 0 spiro atoms. The number of aliphatic hydroxyl groups is 1. The summed E-state index contributed by atoms with van der Waals surface area (Å²) < 4.78 is 19.1. The maximum Gasteiger partial charge on any atom is 0.222 e. The van der Waals surface area contributed by atoms with Gasteiger partial charge in [0.2, 0.25) is 5.88 Å². The number of hydrogen-bond acceptors (Lipinski definition) is 6. The number of nitrogens with zero attached hydrogens (tertiary/aromatic N) is 3. The first kappa shape index (κ1) is 26.7. The van der Waals surface area contributed by atoms with Crippen LogP contribution in [0.3, 0.4) is 0 Å². The topological polar surface area (TPSA) is 69.0 Å². The van der Waals surface area contributed by atoms with Crippen molar-refractivity contribution in [2.45, 2.75) is 45.8 Å². The molecule has 1 N–H and O–H groups in total. The Bertz CT molecular complexity index is 1010. The van der Waals surface area contributed by atoms with Gasteiger partial charge in [-0.15, -0.1) is 0 Å². The number of rotatable bonds is 15. The number of aryl methyl sites for hydroxylation is 1. The molecule has 0 aliphatic rings. The number of methoxy groups -OCH3 is 1. The van der Waals surface area contributed by atoms with Crippen molar-refractivity contribution in [1.82, 2.24) is 14.7 Å². The van der Waals surface area contributed by atoms with Gasteiger partial charge in [0.15, 0.2) is 0 Å². The second kappa shape index (κ2) is 13.9. The van der Waals surface area contributed by atoms with Gasteiger partial charge in [-0.2, -0.15) is 5.10 Å². The second-order valence-electron chi connectivity index (χ2n) is 8.72.